The van der Waals surface area contributed by atoms with Crippen molar-refractivity contribution in [2.24, 2.45) is 5.92 Å². The number of thiazole rings is 1. The molecule has 0 aliphatic carbocycles. The number of thiophene rings is 1. The summed E-state index contributed by atoms with van der Waals surface area (Å²) in [6.45, 7) is 2.66. The number of esters is 1. The molecular weight excluding hydrogens is 458 g/mol. The van der Waals surface area contributed by atoms with Gasteiger partial charge < -0.3 is 10.1 Å². The predicted octanol–water partition coefficient (Wildman–Crippen LogP) is 3.57. The molecule has 0 unspecified atom stereocenters. The lowest BCUT2D eigenvalue weighted by Gasteiger charge is -2.29. The third kappa shape index (κ3) is 4.64. The molecule has 0 spiro atoms. The number of hydrogen-bond donors (Lipinski definition) is 1. The van der Waals surface area contributed by atoms with E-state index in [2.05, 4.69) is 10.3 Å². The van der Waals surface area contributed by atoms with Crippen LogP contribution in [0.3, 0.4) is 0 Å². The number of hydrogen-bond acceptors (Lipinski definition) is 8. The largest absolute Gasteiger partial charge is 0.462 e. The molecule has 8 nitrogen and oxygen atoms in total. The Morgan fingerprint density at radius 1 is 1.26 bits per heavy atom. The topological polar surface area (TPSA) is 106 Å². The molecule has 3 aromatic rings. The van der Waals surface area contributed by atoms with Crippen LogP contribution in [0.2, 0.25) is 0 Å². The van der Waals surface area contributed by atoms with Crippen LogP contribution in [0.5, 0.6) is 0 Å². The van der Waals surface area contributed by atoms with Gasteiger partial charge in [0.2, 0.25) is 5.91 Å². The molecule has 0 saturated carbocycles. The van der Waals surface area contributed by atoms with Crippen LogP contribution in [0.4, 0.5) is 5.13 Å². The first-order valence-corrected chi connectivity index (χ1v) is 12.9. The lowest BCUT2D eigenvalue weighted by atomic mass is 9.97. The van der Waals surface area contributed by atoms with Crippen molar-refractivity contribution in [1.29, 1.82) is 0 Å². The zero-order valence-electron chi connectivity index (χ0n) is 16.7. The minimum Gasteiger partial charge on any atom is -0.462 e. The number of ether oxygens (including phenoxy) is 1. The number of fused-ring (bicyclic) bond motifs is 1. The van der Waals surface area contributed by atoms with Crippen molar-refractivity contribution in [3.8, 4) is 0 Å². The molecule has 2 aromatic heterocycles. The number of nitrogens with zero attached hydrogens (tertiary/aromatic N) is 2. The fraction of sp³-hybridized carbons (Fsp3) is 0.350. The smallest absolute Gasteiger partial charge is 0.338 e. The number of carbonyl (C=O) groups excluding carboxylic acids is 2. The highest BCUT2D eigenvalue weighted by atomic mass is 32.2. The number of nitrogens with one attached hydrogen (secondary N) is 1. The standard InChI is InChI=1S/C20H21N3O5S3/c1-2-28-19(25)14-5-6-15-16(12-14)30-20(21-15)22-18(24)13-7-9-23(10-8-13)31(26,27)17-4-3-11-29-17/h3-6,11-13H,2,7-10H2,1H3,(H,21,22,24). The minimum atomic E-state index is -3.49. The summed E-state index contributed by atoms with van der Waals surface area (Å²) in [4.78, 5) is 29.0. The molecular formula is C20H21N3O5S3. The molecule has 11 heteroatoms. The summed E-state index contributed by atoms with van der Waals surface area (Å²) in [6, 6.07) is 8.39. The van der Waals surface area contributed by atoms with Crippen molar-refractivity contribution < 1.29 is 22.7 Å². The molecule has 4 rings (SSSR count). The number of carbonyl (C=O) groups is 2. The number of anilines is 1. The van der Waals surface area contributed by atoms with Crippen LogP contribution >= 0.6 is 22.7 Å². The highest BCUT2D eigenvalue weighted by Crippen LogP contribution is 2.30. The molecule has 164 valence electrons. The third-order valence-electron chi connectivity index (χ3n) is 5.04. The Balaban J connectivity index is 1.39. The predicted molar refractivity (Wildman–Crippen MR) is 120 cm³/mol. The Bertz CT molecular complexity index is 1200. The second kappa shape index (κ2) is 9.03. The fourth-order valence-electron chi connectivity index (χ4n) is 3.42. The van der Waals surface area contributed by atoms with Gasteiger partial charge in [0, 0.05) is 19.0 Å². The van der Waals surface area contributed by atoms with Crippen molar-refractivity contribution in [3.63, 3.8) is 0 Å². The van der Waals surface area contributed by atoms with Crippen LogP contribution in [-0.2, 0) is 19.6 Å². The van der Waals surface area contributed by atoms with Crippen LogP contribution < -0.4 is 5.32 Å². The normalized spacial score (nSPS) is 15.8. The van der Waals surface area contributed by atoms with Gasteiger partial charge in [-0.1, -0.05) is 17.4 Å². The van der Waals surface area contributed by atoms with Crippen LogP contribution in [0.25, 0.3) is 10.2 Å². The fourth-order valence-corrected chi connectivity index (χ4v) is 6.95. The van der Waals surface area contributed by atoms with Gasteiger partial charge in [-0.25, -0.2) is 18.2 Å². The summed E-state index contributed by atoms with van der Waals surface area (Å²) in [6.07, 6.45) is 0.905. The Hall–Kier alpha value is -2.34. The second-order valence-electron chi connectivity index (χ2n) is 7.02. The van der Waals surface area contributed by atoms with E-state index in [0.717, 1.165) is 4.70 Å². The Morgan fingerprint density at radius 2 is 2.03 bits per heavy atom. The first-order chi connectivity index (χ1) is 14.9. The zero-order chi connectivity index (χ0) is 22.0. The first-order valence-electron chi connectivity index (χ1n) is 9.80. The molecule has 1 amide bonds. The Kier molecular flexibility index (Phi) is 6.37. The molecule has 31 heavy (non-hydrogen) atoms. The highest BCUT2D eigenvalue weighted by Gasteiger charge is 2.32. The molecule has 1 aromatic carbocycles. The summed E-state index contributed by atoms with van der Waals surface area (Å²) in [5.74, 6) is -0.845. The lowest BCUT2D eigenvalue weighted by molar-refractivity contribution is -0.120. The molecule has 1 fully saturated rings. The summed E-state index contributed by atoms with van der Waals surface area (Å²) < 4.78 is 32.8. The van der Waals surface area contributed by atoms with Gasteiger partial charge in [-0.3, -0.25) is 4.79 Å². The number of benzene rings is 1. The summed E-state index contributed by atoms with van der Waals surface area (Å²) in [5.41, 5.74) is 1.13. The maximum Gasteiger partial charge on any atom is 0.338 e. The lowest BCUT2D eigenvalue weighted by Crippen LogP contribution is -2.41. The van der Waals surface area contributed by atoms with Gasteiger partial charge in [-0.15, -0.1) is 11.3 Å². The van der Waals surface area contributed by atoms with Crippen molar-refractivity contribution >= 4 is 59.9 Å². The molecule has 0 radical (unpaired) electrons. The highest BCUT2D eigenvalue weighted by molar-refractivity contribution is 7.91. The van der Waals surface area contributed by atoms with Crippen LogP contribution in [-0.4, -0.2) is 49.3 Å². The van der Waals surface area contributed by atoms with E-state index in [1.807, 2.05) is 0 Å². The SMILES string of the molecule is CCOC(=O)c1ccc2nc(NC(=O)C3CCN(S(=O)(=O)c4cccs4)CC3)sc2c1. The van der Waals surface area contributed by atoms with Gasteiger partial charge in [0.15, 0.2) is 5.13 Å². The minimum absolute atomic E-state index is 0.169. The van der Waals surface area contributed by atoms with E-state index in [1.54, 1.807) is 42.6 Å². The summed E-state index contributed by atoms with van der Waals surface area (Å²) in [5, 5.41) is 5.03. The zero-order valence-corrected chi connectivity index (χ0v) is 19.2. The third-order valence-corrected chi connectivity index (χ3v) is 9.25. The van der Waals surface area contributed by atoms with Crippen molar-refractivity contribution in [2.75, 3.05) is 25.0 Å². The second-order valence-corrected chi connectivity index (χ2v) is 11.2. The number of piperidine rings is 1. The first kappa shape index (κ1) is 21.9. The van der Waals surface area contributed by atoms with E-state index in [4.69, 9.17) is 4.74 Å². The Labute approximate surface area is 187 Å². The Morgan fingerprint density at radius 3 is 2.71 bits per heavy atom. The van der Waals surface area contributed by atoms with E-state index in [1.165, 1.54) is 27.0 Å². The molecule has 3 heterocycles. The molecule has 1 N–H and O–H groups in total. The van der Waals surface area contributed by atoms with Crippen molar-refractivity contribution in [1.82, 2.24) is 9.29 Å². The maximum atomic E-state index is 12.7. The summed E-state index contributed by atoms with van der Waals surface area (Å²) in [7, 11) is -3.49. The molecule has 0 bridgehead atoms. The number of aromatic nitrogens is 1. The van der Waals surface area contributed by atoms with Crippen molar-refractivity contribution in [2.45, 2.75) is 24.0 Å². The average Bonchev–Trinajstić information content (AvgIpc) is 3.43. The van der Waals surface area contributed by atoms with Gasteiger partial charge in [-0.2, -0.15) is 4.31 Å². The van der Waals surface area contributed by atoms with E-state index >= 15 is 0 Å². The van der Waals surface area contributed by atoms with E-state index in [9.17, 15) is 18.0 Å². The monoisotopic (exact) mass is 479 g/mol. The van der Waals surface area contributed by atoms with Gasteiger partial charge in [0.1, 0.15) is 4.21 Å². The van der Waals surface area contributed by atoms with Gasteiger partial charge in [-0.05, 0) is 49.4 Å². The van der Waals surface area contributed by atoms with Gasteiger partial charge in [0.05, 0.1) is 22.4 Å². The maximum absolute atomic E-state index is 12.7. The molecule has 1 saturated heterocycles. The molecule has 0 atom stereocenters. The van der Waals surface area contributed by atoms with Gasteiger partial charge >= 0.3 is 5.97 Å². The van der Waals surface area contributed by atoms with Crippen LogP contribution in [0, 0.1) is 5.92 Å². The molecule has 1 aliphatic rings. The van der Waals surface area contributed by atoms with Gasteiger partial charge in [0.25, 0.3) is 10.0 Å². The number of rotatable bonds is 6. The van der Waals surface area contributed by atoms with Crippen LogP contribution in [0.15, 0.2) is 39.9 Å². The quantitative estimate of drug-likeness (QED) is 0.542. The number of sulfonamides is 1. The average molecular weight is 480 g/mol. The van der Waals surface area contributed by atoms with E-state index < -0.39 is 16.0 Å². The summed E-state index contributed by atoms with van der Waals surface area (Å²) >= 11 is 2.48. The van der Waals surface area contributed by atoms with Crippen LogP contribution in [0.1, 0.15) is 30.1 Å². The number of amides is 1. The van der Waals surface area contributed by atoms with Crippen molar-refractivity contribution in [3.05, 3.63) is 41.3 Å². The molecule has 1 aliphatic heterocycles. The van der Waals surface area contributed by atoms with E-state index in [-0.39, 0.29) is 11.8 Å². The van der Waals surface area contributed by atoms with E-state index in [0.29, 0.717) is 53.0 Å².